The van der Waals surface area contributed by atoms with Crippen LogP contribution in [0.2, 0.25) is 0 Å². The molecule has 3 aromatic carbocycles. The minimum atomic E-state index is -0.103. The number of para-hydroxylation sites is 1. The summed E-state index contributed by atoms with van der Waals surface area (Å²) in [6.07, 6.45) is 0. The first-order chi connectivity index (χ1) is 13.6. The van der Waals surface area contributed by atoms with Gasteiger partial charge in [0.25, 0.3) is 5.91 Å². The van der Waals surface area contributed by atoms with Crippen LogP contribution in [0.5, 0.6) is 5.75 Å². The summed E-state index contributed by atoms with van der Waals surface area (Å²) in [5.74, 6) is 0.763. The van der Waals surface area contributed by atoms with Gasteiger partial charge < -0.3 is 10.1 Å². The van der Waals surface area contributed by atoms with Crippen molar-refractivity contribution < 1.29 is 9.53 Å². The molecule has 0 atom stereocenters. The van der Waals surface area contributed by atoms with Gasteiger partial charge >= 0.3 is 0 Å². The van der Waals surface area contributed by atoms with Crippen LogP contribution in [0.4, 0.5) is 5.69 Å². The Morgan fingerprint density at radius 3 is 2.32 bits per heavy atom. The summed E-state index contributed by atoms with van der Waals surface area (Å²) in [5, 5.41) is 2.90. The van der Waals surface area contributed by atoms with Crippen molar-refractivity contribution >= 4 is 27.5 Å². The molecule has 3 rings (SSSR count). The number of amides is 1. The van der Waals surface area contributed by atoms with E-state index in [2.05, 4.69) is 33.2 Å². The molecule has 5 heteroatoms. The van der Waals surface area contributed by atoms with Crippen LogP contribution in [-0.4, -0.2) is 31.0 Å². The second-order valence-electron chi connectivity index (χ2n) is 6.56. The van der Waals surface area contributed by atoms with Crippen molar-refractivity contribution in [3.63, 3.8) is 0 Å². The number of rotatable bonds is 8. The minimum Gasteiger partial charge on any atom is -0.492 e. The Labute approximate surface area is 174 Å². The molecule has 0 aliphatic carbocycles. The molecule has 0 saturated heterocycles. The predicted molar refractivity (Wildman–Crippen MR) is 117 cm³/mol. The third-order valence-electron chi connectivity index (χ3n) is 4.26. The molecule has 0 bridgehead atoms. The molecule has 0 fully saturated rings. The third kappa shape index (κ3) is 6.22. The van der Waals surface area contributed by atoms with Crippen molar-refractivity contribution in [2.24, 2.45) is 0 Å². The zero-order valence-electron chi connectivity index (χ0n) is 15.8. The Morgan fingerprint density at radius 2 is 1.64 bits per heavy atom. The summed E-state index contributed by atoms with van der Waals surface area (Å²) in [6, 6.07) is 25.0. The van der Waals surface area contributed by atoms with Gasteiger partial charge in [-0.05, 0) is 61.1 Å². The van der Waals surface area contributed by atoms with Crippen molar-refractivity contribution in [2.75, 3.05) is 25.5 Å². The topological polar surface area (TPSA) is 41.6 Å². The van der Waals surface area contributed by atoms with Crippen molar-refractivity contribution in [3.05, 3.63) is 94.5 Å². The average molecular weight is 439 g/mol. The first-order valence-corrected chi connectivity index (χ1v) is 9.92. The van der Waals surface area contributed by atoms with Gasteiger partial charge in [-0.15, -0.1) is 0 Å². The lowest BCUT2D eigenvalue weighted by Crippen LogP contribution is -2.24. The number of hydrogen-bond acceptors (Lipinski definition) is 3. The molecule has 4 nitrogen and oxygen atoms in total. The average Bonchev–Trinajstić information content (AvgIpc) is 2.71. The van der Waals surface area contributed by atoms with E-state index < -0.39 is 0 Å². The summed E-state index contributed by atoms with van der Waals surface area (Å²) < 4.78 is 6.80. The van der Waals surface area contributed by atoms with Crippen LogP contribution in [0.1, 0.15) is 15.9 Å². The highest BCUT2D eigenvalue weighted by Gasteiger charge is 2.07. The monoisotopic (exact) mass is 438 g/mol. The fourth-order valence-electron chi connectivity index (χ4n) is 2.73. The van der Waals surface area contributed by atoms with Gasteiger partial charge in [-0.2, -0.15) is 0 Å². The normalized spacial score (nSPS) is 10.7. The summed E-state index contributed by atoms with van der Waals surface area (Å²) >= 11 is 3.42. The Bertz CT molecular complexity index is 881. The fourth-order valence-corrected chi connectivity index (χ4v) is 2.99. The minimum absolute atomic E-state index is 0.103. The number of nitrogens with zero attached hydrogens (tertiary/aromatic N) is 1. The van der Waals surface area contributed by atoms with Crippen LogP contribution in [-0.2, 0) is 6.54 Å². The first kappa shape index (κ1) is 20.1. The number of likely N-dealkylation sites (N-methyl/N-ethyl adjacent to an activating group) is 1. The van der Waals surface area contributed by atoms with E-state index >= 15 is 0 Å². The molecule has 1 N–H and O–H groups in total. The third-order valence-corrected chi connectivity index (χ3v) is 4.78. The van der Waals surface area contributed by atoms with Crippen LogP contribution in [0.3, 0.4) is 0 Å². The largest absolute Gasteiger partial charge is 0.492 e. The quantitative estimate of drug-likeness (QED) is 0.524. The number of carbonyl (C=O) groups is 1. The van der Waals surface area contributed by atoms with Crippen LogP contribution in [0.25, 0.3) is 0 Å². The molecular formula is C23H23BrN2O2. The van der Waals surface area contributed by atoms with E-state index in [-0.39, 0.29) is 5.91 Å². The first-order valence-electron chi connectivity index (χ1n) is 9.12. The summed E-state index contributed by atoms with van der Waals surface area (Å²) in [7, 11) is 2.06. The maximum Gasteiger partial charge on any atom is 0.255 e. The van der Waals surface area contributed by atoms with Gasteiger partial charge in [0.15, 0.2) is 0 Å². The van der Waals surface area contributed by atoms with E-state index in [1.165, 1.54) is 0 Å². The maximum atomic E-state index is 12.3. The number of benzene rings is 3. The molecular weight excluding hydrogens is 416 g/mol. The number of carbonyl (C=O) groups excluding carboxylic acids is 1. The summed E-state index contributed by atoms with van der Waals surface area (Å²) in [6.45, 7) is 2.23. The second kappa shape index (κ2) is 10.1. The Morgan fingerprint density at radius 1 is 0.964 bits per heavy atom. The highest BCUT2D eigenvalue weighted by atomic mass is 79.9. The van der Waals surface area contributed by atoms with Crippen LogP contribution >= 0.6 is 15.9 Å². The van der Waals surface area contributed by atoms with E-state index in [9.17, 15) is 4.79 Å². The highest BCUT2D eigenvalue weighted by molar-refractivity contribution is 9.10. The van der Waals surface area contributed by atoms with Gasteiger partial charge in [0.1, 0.15) is 12.4 Å². The number of nitrogens with one attached hydrogen (secondary N) is 1. The lowest BCUT2D eigenvalue weighted by molar-refractivity contribution is 0.102. The fraction of sp³-hybridized carbons (Fsp3) is 0.174. The maximum absolute atomic E-state index is 12.3. The zero-order valence-corrected chi connectivity index (χ0v) is 17.4. The van der Waals surface area contributed by atoms with Gasteiger partial charge in [0, 0.05) is 28.8 Å². The number of hydrogen-bond donors (Lipinski definition) is 1. The highest BCUT2D eigenvalue weighted by Crippen LogP contribution is 2.16. The summed E-state index contributed by atoms with van der Waals surface area (Å²) in [5.41, 5.74) is 2.60. The predicted octanol–water partition coefficient (Wildman–Crippen LogP) is 5.21. The molecule has 0 saturated carbocycles. The summed E-state index contributed by atoms with van der Waals surface area (Å²) in [4.78, 5) is 14.5. The molecule has 0 unspecified atom stereocenters. The molecule has 3 aromatic rings. The van der Waals surface area contributed by atoms with Crippen molar-refractivity contribution in [1.29, 1.82) is 0 Å². The van der Waals surface area contributed by atoms with E-state index in [1.54, 1.807) is 0 Å². The van der Waals surface area contributed by atoms with Crippen molar-refractivity contribution in [1.82, 2.24) is 4.90 Å². The van der Waals surface area contributed by atoms with Gasteiger partial charge in [-0.1, -0.05) is 46.3 Å². The molecule has 0 aromatic heterocycles. The number of anilines is 1. The van der Waals surface area contributed by atoms with Gasteiger partial charge in [0.05, 0.1) is 0 Å². The molecule has 0 radical (unpaired) electrons. The van der Waals surface area contributed by atoms with Gasteiger partial charge in [0.2, 0.25) is 0 Å². The standard InChI is InChI=1S/C23H23BrN2O2/c1-26(15-16-28-22-13-11-20(24)12-14-22)17-18-7-9-19(10-8-18)23(27)25-21-5-3-2-4-6-21/h2-14H,15-17H2,1H3,(H,25,27). The van der Waals surface area contributed by atoms with E-state index in [4.69, 9.17) is 4.74 Å². The molecule has 0 aliphatic rings. The zero-order chi connectivity index (χ0) is 19.8. The lowest BCUT2D eigenvalue weighted by Gasteiger charge is -2.17. The van der Waals surface area contributed by atoms with Crippen molar-refractivity contribution in [3.8, 4) is 5.75 Å². The molecule has 28 heavy (non-hydrogen) atoms. The van der Waals surface area contributed by atoms with Crippen molar-refractivity contribution in [2.45, 2.75) is 6.54 Å². The van der Waals surface area contributed by atoms with Crippen LogP contribution in [0.15, 0.2) is 83.3 Å². The van der Waals surface area contributed by atoms with E-state index in [0.29, 0.717) is 12.2 Å². The van der Waals surface area contributed by atoms with Gasteiger partial charge in [-0.25, -0.2) is 0 Å². The second-order valence-corrected chi connectivity index (χ2v) is 7.47. The smallest absolute Gasteiger partial charge is 0.255 e. The van der Waals surface area contributed by atoms with E-state index in [1.807, 2.05) is 78.9 Å². The lowest BCUT2D eigenvalue weighted by atomic mass is 10.1. The molecule has 0 heterocycles. The molecule has 0 spiro atoms. The molecule has 1 amide bonds. The van der Waals surface area contributed by atoms with E-state index in [0.717, 1.165) is 34.6 Å². The Balaban J connectivity index is 1.45. The van der Waals surface area contributed by atoms with Crippen LogP contribution < -0.4 is 10.1 Å². The van der Waals surface area contributed by atoms with Gasteiger partial charge in [-0.3, -0.25) is 9.69 Å². The van der Waals surface area contributed by atoms with Crippen LogP contribution in [0, 0.1) is 0 Å². The Hall–Kier alpha value is -2.63. The number of halogens is 1. The SMILES string of the molecule is CN(CCOc1ccc(Br)cc1)Cc1ccc(C(=O)Nc2ccccc2)cc1. The molecule has 0 aliphatic heterocycles. The molecule has 144 valence electrons. The number of ether oxygens (including phenoxy) is 1. The Kier molecular flexibility index (Phi) is 7.23.